The average molecular weight is 610 g/mol. The van der Waals surface area contributed by atoms with Crippen LogP contribution in [0.25, 0.3) is 76.8 Å². The summed E-state index contributed by atoms with van der Waals surface area (Å²) in [5, 5.41) is 7.79. The minimum atomic E-state index is 0.655. The van der Waals surface area contributed by atoms with E-state index in [4.69, 9.17) is 0 Å². The Hall–Kier alpha value is -5.28. The van der Waals surface area contributed by atoms with E-state index in [1.54, 1.807) is 0 Å². The number of aromatic nitrogens is 3. The largest absolute Gasteiger partial charge is 0.340 e. The van der Waals surface area contributed by atoms with Crippen LogP contribution in [0.15, 0.2) is 133 Å². The van der Waals surface area contributed by atoms with Crippen molar-refractivity contribution in [2.45, 2.75) is 46.1 Å². The molecular formula is C44H39N3. The lowest BCUT2D eigenvalue weighted by Crippen LogP contribution is -2.10. The summed E-state index contributed by atoms with van der Waals surface area (Å²) in [4.78, 5) is 0. The lowest BCUT2D eigenvalue weighted by molar-refractivity contribution is 0.401. The zero-order chi connectivity index (χ0) is 31.5. The normalized spacial score (nSPS) is 12.8. The van der Waals surface area contributed by atoms with E-state index < -0.39 is 0 Å². The highest BCUT2D eigenvalue weighted by molar-refractivity contribution is 6.13. The predicted octanol–water partition coefficient (Wildman–Crippen LogP) is 12.2. The molecule has 3 heterocycles. The second-order valence-corrected chi connectivity index (χ2v) is 13.2. The lowest BCUT2D eigenvalue weighted by Gasteiger charge is -2.18. The smallest absolute Gasteiger partial charge is 0.0541 e. The van der Waals surface area contributed by atoms with E-state index in [1.165, 1.54) is 102 Å². The van der Waals surface area contributed by atoms with Gasteiger partial charge in [0.25, 0.3) is 0 Å². The molecule has 47 heavy (non-hydrogen) atoms. The quantitative estimate of drug-likeness (QED) is 0.163. The summed E-state index contributed by atoms with van der Waals surface area (Å²) >= 11 is 0. The summed E-state index contributed by atoms with van der Waals surface area (Å²) in [6, 6.07) is 49.5. The lowest BCUT2D eigenvalue weighted by atomic mass is 9.99. The maximum Gasteiger partial charge on any atom is 0.0541 e. The molecule has 0 bridgehead atoms. The fourth-order valence-electron chi connectivity index (χ4n) is 8.13. The van der Waals surface area contributed by atoms with Gasteiger partial charge < -0.3 is 13.7 Å². The summed E-state index contributed by atoms with van der Waals surface area (Å²) in [5.41, 5.74) is 10.0. The number of hydrogen-bond acceptors (Lipinski definition) is 0. The number of fused-ring (bicyclic) bond motifs is 9. The SMILES string of the molecule is CCCCC(CC)Cn1c2ccc(-n3c4ccccc4c4ccccc43)cc2c2cc(-n3c4ccccc4c4ccccc43)ccc21. The molecule has 3 heteroatoms. The zero-order valence-electron chi connectivity index (χ0n) is 27.2. The Kier molecular flexibility index (Phi) is 6.67. The second kappa shape index (κ2) is 11.2. The second-order valence-electron chi connectivity index (χ2n) is 13.2. The monoisotopic (exact) mass is 609 g/mol. The van der Waals surface area contributed by atoms with Gasteiger partial charge in [0.15, 0.2) is 0 Å². The van der Waals surface area contributed by atoms with Crippen LogP contribution in [0.1, 0.15) is 39.5 Å². The van der Waals surface area contributed by atoms with Crippen LogP contribution in [0, 0.1) is 5.92 Å². The Morgan fingerprint density at radius 3 is 1.23 bits per heavy atom. The van der Waals surface area contributed by atoms with E-state index in [9.17, 15) is 0 Å². The van der Waals surface area contributed by atoms with Crippen LogP contribution in [0.4, 0.5) is 0 Å². The van der Waals surface area contributed by atoms with Crippen molar-refractivity contribution in [1.29, 1.82) is 0 Å². The Labute approximate surface area is 275 Å². The highest BCUT2D eigenvalue weighted by Gasteiger charge is 2.19. The summed E-state index contributed by atoms with van der Waals surface area (Å²) in [6.07, 6.45) is 4.99. The Morgan fingerprint density at radius 1 is 0.447 bits per heavy atom. The summed E-state index contributed by atoms with van der Waals surface area (Å²) < 4.78 is 7.50. The highest BCUT2D eigenvalue weighted by Crippen LogP contribution is 2.38. The third-order valence-electron chi connectivity index (χ3n) is 10.5. The van der Waals surface area contributed by atoms with Gasteiger partial charge in [-0.05, 0) is 73.0 Å². The van der Waals surface area contributed by atoms with E-state index in [-0.39, 0.29) is 0 Å². The van der Waals surface area contributed by atoms with Crippen molar-refractivity contribution in [2.24, 2.45) is 5.92 Å². The van der Waals surface area contributed by atoms with E-state index in [0.717, 1.165) is 6.54 Å². The molecule has 0 saturated carbocycles. The molecule has 0 aliphatic heterocycles. The van der Waals surface area contributed by atoms with Gasteiger partial charge in [-0.15, -0.1) is 0 Å². The van der Waals surface area contributed by atoms with Crippen LogP contribution >= 0.6 is 0 Å². The average Bonchev–Trinajstić information content (AvgIpc) is 3.75. The van der Waals surface area contributed by atoms with Crippen molar-refractivity contribution in [2.75, 3.05) is 0 Å². The molecule has 1 atom stereocenters. The maximum absolute atomic E-state index is 2.61. The maximum atomic E-state index is 2.61. The van der Waals surface area contributed by atoms with Gasteiger partial charge in [-0.1, -0.05) is 106 Å². The molecule has 0 radical (unpaired) electrons. The molecule has 0 amide bonds. The van der Waals surface area contributed by atoms with Crippen molar-refractivity contribution < 1.29 is 0 Å². The van der Waals surface area contributed by atoms with Gasteiger partial charge in [-0.3, -0.25) is 0 Å². The minimum Gasteiger partial charge on any atom is -0.340 e. The first kappa shape index (κ1) is 28.0. The molecule has 6 aromatic carbocycles. The highest BCUT2D eigenvalue weighted by atomic mass is 15.0. The molecule has 0 fully saturated rings. The Morgan fingerprint density at radius 2 is 0.851 bits per heavy atom. The molecule has 230 valence electrons. The predicted molar refractivity (Wildman–Crippen MR) is 201 cm³/mol. The van der Waals surface area contributed by atoms with Gasteiger partial charge in [0, 0.05) is 61.3 Å². The van der Waals surface area contributed by atoms with E-state index in [1.807, 2.05) is 0 Å². The first-order valence-electron chi connectivity index (χ1n) is 17.3. The van der Waals surface area contributed by atoms with Crippen LogP contribution in [0.3, 0.4) is 0 Å². The first-order chi connectivity index (χ1) is 23.2. The van der Waals surface area contributed by atoms with Crippen molar-refractivity contribution >= 4 is 65.4 Å². The number of benzene rings is 6. The number of nitrogens with zero attached hydrogens (tertiary/aromatic N) is 3. The summed E-state index contributed by atoms with van der Waals surface area (Å²) in [6.45, 7) is 5.70. The van der Waals surface area contributed by atoms with Crippen molar-refractivity contribution in [3.8, 4) is 11.4 Å². The molecule has 0 aliphatic carbocycles. The third-order valence-corrected chi connectivity index (χ3v) is 10.5. The van der Waals surface area contributed by atoms with E-state index in [0.29, 0.717) is 5.92 Å². The van der Waals surface area contributed by atoms with Crippen LogP contribution < -0.4 is 0 Å². The van der Waals surface area contributed by atoms with Gasteiger partial charge >= 0.3 is 0 Å². The van der Waals surface area contributed by atoms with E-state index in [2.05, 4.69) is 161 Å². The van der Waals surface area contributed by atoms with Gasteiger partial charge in [-0.25, -0.2) is 0 Å². The fourth-order valence-corrected chi connectivity index (χ4v) is 8.13. The fraction of sp³-hybridized carbons (Fsp3) is 0.182. The van der Waals surface area contributed by atoms with Gasteiger partial charge in [0.2, 0.25) is 0 Å². The first-order valence-corrected chi connectivity index (χ1v) is 17.3. The molecule has 0 spiro atoms. The van der Waals surface area contributed by atoms with Gasteiger partial charge in [0.05, 0.1) is 22.1 Å². The minimum absolute atomic E-state index is 0.655. The molecule has 1 unspecified atom stereocenters. The summed E-state index contributed by atoms with van der Waals surface area (Å²) in [7, 11) is 0. The topological polar surface area (TPSA) is 14.8 Å². The van der Waals surface area contributed by atoms with Gasteiger partial charge in [0.1, 0.15) is 0 Å². The molecular weight excluding hydrogens is 571 g/mol. The van der Waals surface area contributed by atoms with Gasteiger partial charge in [-0.2, -0.15) is 0 Å². The van der Waals surface area contributed by atoms with Crippen LogP contribution in [-0.4, -0.2) is 13.7 Å². The Bertz CT molecular complexity index is 2310. The number of rotatable bonds is 8. The third kappa shape index (κ3) is 4.33. The molecule has 3 nitrogen and oxygen atoms in total. The number of unbranched alkanes of at least 4 members (excludes halogenated alkanes) is 1. The number of para-hydroxylation sites is 4. The molecule has 0 aliphatic rings. The molecule has 9 aromatic rings. The van der Waals surface area contributed by atoms with Crippen molar-refractivity contribution in [3.05, 3.63) is 133 Å². The van der Waals surface area contributed by atoms with Crippen LogP contribution in [0.2, 0.25) is 0 Å². The summed E-state index contributed by atoms with van der Waals surface area (Å²) in [5.74, 6) is 0.655. The van der Waals surface area contributed by atoms with Crippen LogP contribution in [0.5, 0.6) is 0 Å². The van der Waals surface area contributed by atoms with E-state index >= 15 is 0 Å². The van der Waals surface area contributed by atoms with Crippen molar-refractivity contribution in [1.82, 2.24) is 13.7 Å². The Balaban J connectivity index is 1.32. The molecule has 3 aromatic heterocycles. The van der Waals surface area contributed by atoms with Crippen molar-refractivity contribution in [3.63, 3.8) is 0 Å². The number of hydrogen-bond donors (Lipinski definition) is 0. The molecule has 9 rings (SSSR count). The standard InChI is InChI=1S/C44H39N3/c1-3-5-14-30(4-2)29-45-39-25-23-31(46-41-19-10-6-15-33(41)34-16-7-11-20-42(34)46)27-37(39)38-28-32(24-26-40(38)45)47-43-21-12-8-17-35(43)36-18-9-13-22-44(36)47/h6-13,15-28,30H,3-5,14,29H2,1-2H3. The molecule has 0 N–H and O–H groups in total. The zero-order valence-corrected chi connectivity index (χ0v) is 27.2. The molecule has 0 saturated heterocycles. The van der Waals surface area contributed by atoms with Crippen LogP contribution in [-0.2, 0) is 6.54 Å².